The lowest BCUT2D eigenvalue weighted by Crippen LogP contribution is -2.48. The van der Waals surface area contributed by atoms with Crippen molar-refractivity contribution in [2.45, 2.75) is 17.2 Å². The van der Waals surface area contributed by atoms with Gasteiger partial charge in [0.1, 0.15) is 12.7 Å². The zero-order valence-corrected chi connectivity index (χ0v) is 18.4. The highest BCUT2D eigenvalue weighted by molar-refractivity contribution is 8.00. The molecule has 0 bridgehead atoms. The van der Waals surface area contributed by atoms with E-state index < -0.39 is 17.8 Å². The topological polar surface area (TPSA) is 70.1 Å². The van der Waals surface area contributed by atoms with E-state index in [9.17, 15) is 18.0 Å². The quantitative estimate of drug-likeness (QED) is 0.545. The minimum atomic E-state index is -4.45. The van der Waals surface area contributed by atoms with Crippen molar-refractivity contribution in [1.82, 2.24) is 9.88 Å². The molecule has 1 unspecified atom stereocenters. The molecule has 0 aliphatic carbocycles. The predicted octanol–water partition coefficient (Wildman–Crippen LogP) is 3.52. The van der Waals surface area contributed by atoms with E-state index in [1.165, 1.54) is 11.8 Å². The number of ether oxygens (including phenoxy) is 4. The Balaban J connectivity index is 1.48. The summed E-state index contributed by atoms with van der Waals surface area (Å²) < 4.78 is 59.4. The van der Waals surface area contributed by atoms with Gasteiger partial charge < -0.3 is 23.8 Å². The number of nitrogens with zero attached hydrogens (tertiary/aromatic N) is 2. The summed E-state index contributed by atoms with van der Waals surface area (Å²) in [6, 6.07) is 7.51. The third kappa shape index (κ3) is 6.42. The third-order valence-electron chi connectivity index (χ3n) is 4.69. The Morgan fingerprint density at radius 2 is 2.00 bits per heavy atom. The molecule has 1 saturated heterocycles. The summed E-state index contributed by atoms with van der Waals surface area (Å²) in [6.45, 7) is 1.21. The van der Waals surface area contributed by atoms with Crippen LogP contribution in [0.5, 0.6) is 17.4 Å². The van der Waals surface area contributed by atoms with E-state index in [0.717, 1.165) is 23.2 Å². The molecule has 0 saturated carbocycles. The average molecular weight is 472 g/mol. The number of aromatic nitrogens is 1. The maximum atomic E-state index is 12.6. The normalized spacial score (nSPS) is 16.5. The molecule has 0 radical (unpaired) electrons. The summed E-state index contributed by atoms with van der Waals surface area (Å²) in [5, 5.41) is 0. The monoisotopic (exact) mass is 472 g/mol. The second kappa shape index (κ2) is 10.8. The molecular formula is C21H23F3N2O5S. The molecule has 1 fully saturated rings. The van der Waals surface area contributed by atoms with Crippen LogP contribution in [0, 0.1) is 0 Å². The molecule has 32 heavy (non-hydrogen) atoms. The molecule has 7 nitrogen and oxygen atoms in total. The summed E-state index contributed by atoms with van der Waals surface area (Å²) >= 11 is 1.38. The molecule has 1 atom stereocenters. The third-order valence-corrected chi connectivity index (χ3v) is 5.67. The number of amides is 1. The van der Waals surface area contributed by atoms with Crippen LogP contribution in [-0.4, -0.2) is 68.2 Å². The zero-order valence-electron chi connectivity index (χ0n) is 17.6. The fourth-order valence-electron chi connectivity index (χ4n) is 3.00. The van der Waals surface area contributed by atoms with Crippen molar-refractivity contribution in [3.63, 3.8) is 0 Å². The molecule has 0 N–H and O–H groups in total. The Kier molecular flexibility index (Phi) is 8.08. The minimum Gasteiger partial charge on any atom is -0.493 e. The van der Waals surface area contributed by atoms with Gasteiger partial charge in [0, 0.05) is 23.7 Å². The van der Waals surface area contributed by atoms with Crippen molar-refractivity contribution < 1.29 is 36.9 Å². The van der Waals surface area contributed by atoms with Crippen molar-refractivity contribution >= 4 is 17.7 Å². The molecule has 0 spiro atoms. The minimum absolute atomic E-state index is 0.0502. The van der Waals surface area contributed by atoms with E-state index in [4.69, 9.17) is 18.9 Å². The van der Waals surface area contributed by atoms with E-state index >= 15 is 0 Å². The molecule has 1 aliphatic rings. The number of hydrogen-bond donors (Lipinski definition) is 0. The van der Waals surface area contributed by atoms with Crippen molar-refractivity contribution in [3.05, 3.63) is 42.1 Å². The molecule has 1 aromatic heterocycles. The highest BCUT2D eigenvalue weighted by atomic mass is 32.2. The first-order valence-corrected chi connectivity index (χ1v) is 10.7. The van der Waals surface area contributed by atoms with Gasteiger partial charge in [-0.2, -0.15) is 13.2 Å². The number of hydrogen-bond acceptors (Lipinski definition) is 7. The first kappa shape index (κ1) is 24.0. The summed E-state index contributed by atoms with van der Waals surface area (Å²) in [5.74, 6) is 1.45. The van der Waals surface area contributed by atoms with Crippen molar-refractivity contribution in [2.75, 3.05) is 46.3 Å². The number of halogens is 3. The number of pyridine rings is 1. The Bertz CT molecular complexity index is 911. The Labute approximate surface area is 187 Å². The van der Waals surface area contributed by atoms with E-state index in [2.05, 4.69) is 4.98 Å². The van der Waals surface area contributed by atoms with Gasteiger partial charge in [0.2, 0.25) is 11.8 Å². The van der Waals surface area contributed by atoms with Gasteiger partial charge in [-0.15, -0.1) is 11.8 Å². The van der Waals surface area contributed by atoms with Crippen LogP contribution < -0.4 is 14.2 Å². The number of methoxy groups -OCH3 is 2. The number of carbonyl (C=O) groups excluding carboxylic acids is 1. The smallest absolute Gasteiger partial charge is 0.417 e. The van der Waals surface area contributed by atoms with Crippen LogP contribution in [0.25, 0.3) is 0 Å². The molecule has 1 amide bonds. The second-order valence-electron chi connectivity index (χ2n) is 6.83. The maximum absolute atomic E-state index is 12.6. The summed E-state index contributed by atoms with van der Waals surface area (Å²) in [7, 11) is 3.11. The number of benzene rings is 1. The molecule has 11 heteroatoms. The van der Waals surface area contributed by atoms with Gasteiger partial charge in [0.05, 0.1) is 38.7 Å². The van der Waals surface area contributed by atoms with E-state index in [1.54, 1.807) is 25.2 Å². The first-order valence-electron chi connectivity index (χ1n) is 9.70. The Hall–Kier alpha value is -2.66. The van der Waals surface area contributed by atoms with Crippen molar-refractivity contribution in [3.8, 4) is 17.4 Å². The van der Waals surface area contributed by atoms with Gasteiger partial charge in [0.15, 0.2) is 11.5 Å². The number of thioether (sulfide) groups is 1. The van der Waals surface area contributed by atoms with Crippen molar-refractivity contribution in [1.29, 1.82) is 0 Å². The van der Waals surface area contributed by atoms with E-state index in [-0.39, 0.29) is 24.1 Å². The van der Waals surface area contributed by atoms with Crippen LogP contribution in [0.1, 0.15) is 5.56 Å². The fourth-order valence-corrected chi connectivity index (χ4v) is 3.83. The number of morpholine rings is 1. The zero-order chi connectivity index (χ0) is 23.1. The highest BCUT2D eigenvalue weighted by Crippen LogP contribution is 2.32. The Morgan fingerprint density at radius 3 is 2.66 bits per heavy atom. The molecule has 2 aromatic rings. The van der Waals surface area contributed by atoms with Gasteiger partial charge in [-0.25, -0.2) is 4.98 Å². The van der Waals surface area contributed by atoms with Gasteiger partial charge >= 0.3 is 6.18 Å². The molecule has 1 aliphatic heterocycles. The standard InChI is InChI=1S/C21H23F3N2O5S/c1-28-17-5-4-16(9-18(17)29-2)32-13-20(27)26-7-8-30-15(11-26)12-31-19-6-3-14(10-25-19)21(22,23)24/h3-6,9-10,15H,7-8,11-13H2,1-2H3. The molecule has 1 aromatic carbocycles. The van der Waals surface area contributed by atoms with Gasteiger partial charge in [-0.3, -0.25) is 4.79 Å². The fraction of sp³-hybridized carbons (Fsp3) is 0.429. The SMILES string of the molecule is COc1ccc(SCC(=O)N2CCOC(COc3ccc(C(F)(F)F)cn3)C2)cc1OC. The van der Waals surface area contributed by atoms with Gasteiger partial charge in [-0.1, -0.05) is 0 Å². The number of rotatable bonds is 8. The molecular weight excluding hydrogens is 449 g/mol. The lowest BCUT2D eigenvalue weighted by atomic mass is 10.2. The summed E-state index contributed by atoms with van der Waals surface area (Å²) in [4.78, 5) is 18.9. The predicted molar refractivity (Wildman–Crippen MR) is 111 cm³/mol. The van der Waals surface area contributed by atoms with Gasteiger partial charge in [0.25, 0.3) is 0 Å². The van der Waals surface area contributed by atoms with Crippen LogP contribution in [0.15, 0.2) is 41.4 Å². The molecule has 174 valence electrons. The van der Waals surface area contributed by atoms with Crippen LogP contribution in [0.3, 0.4) is 0 Å². The van der Waals surface area contributed by atoms with Crippen LogP contribution in [0.4, 0.5) is 13.2 Å². The van der Waals surface area contributed by atoms with E-state index in [0.29, 0.717) is 31.2 Å². The molecule has 2 heterocycles. The second-order valence-corrected chi connectivity index (χ2v) is 7.88. The number of alkyl halides is 3. The maximum Gasteiger partial charge on any atom is 0.417 e. The first-order chi connectivity index (χ1) is 15.3. The summed E-state index contributed by atoms with van der Waals surface area (Å²) in [5.41, 5.74) is -0.845. The highest BCUT2D eigenvalue weighted by Gasteiger charge is 2.31. The lowest BCUT2D eigenvalue weighted by molar-refractivity contribution is -0.138. The van der Waals surface area contributed by atoms with Crippen LogP contribution in [0.2, 0.25) is 0 Å². The average Bonchev–Trinajstić information content (AvgIpc) is 2.80. The Morgan fingerprint density at radius 1 is 1.22 bits per heavy atom. The van der Waals surface area contributed by atoms with Crippen molar-refractivity contribution in [2.24, 2.45) is 0 Å². The van der Waals surface area contributed by atoms with Gasteiger partial charge in [-0.05, 0) is 24.3 Å². The van der Waals surface area contributed by atoms with Crippen LogP contribution >= 0.6 is 11.8 Å². The largest absolute Gasteiger partial charge is 0.493 e. The summed E-state index contributed by atoms with van der Waals surface area (Å²) in [6.07, 6.45) is -4.13. The van der Waals surface area contributed by atoms with E-state index in [1.807, 2.05) is 12.1 Å². The lowest BCUT2D eigenvalue weighted by Gasteiger charge is -2.32. The molecule has 3 rings (SSSR count). The number of carbonyl (C=O) groups is 1. The van der Waals surface area contributed by atoms with Crippen LogP contribution in [-0.2, 0) is 15.7 Å².